The normalized spacial score (nSPS) is 22.9. The predicted octanol–water partition coefficient (Wildman–Crippen LogP) is 2.03. The number of ether oxygens (including phenoxy) is 1. The predicted molar refractivity (Wildman–Crippen MR) is 120 cm³/mol. The number of nitrogens with zero attached hydrogens (tertiary/aromatic N) is 2. The molecule has 2 aromatic carbocycles. The lowest BCUT2D eigenvalue weighted by molar-refractivity contribution is -0.0474. The Bertz CT molecular complexity index is 1060. The van der Waals surface area contributed by atoms with E-state index in [0.717, 1.165) is 29.7 Å². The van der Waals surface area contributed by atoms with Crippen LogP contribution in [0.5, 0.6) is 5.75 Å². The van der Waals surface area contributed by atoms with E-state index < -0.39 is 21.7 Å². The molecule has 168 valence electrons. The average molecular weight is 447 g/mol. The summed E-state index contributed by atoms with van der Waals surface area (Å²) in [5, 5.41) is 22.3. The van der Waals surface area contributed by atoms with Gasteiger partial charge in [0, 0.05) is 25.2 Å². The molecule has 0 spiro atoms. The smallest absolute Gasteiger partial charge is 0.232 e. The summed E-state index contributed by atoms with van der Waals surface area (Å²) in [5.74, 6) is 0.668. The highest BCUT2D eigenvalue weighted by Crippen LogP contribution is 2.38. The van der Waals surface area contributed by atoms with E-state index in [4.69, 9.17) is 4.74 Å². The van der Waals surface area contributed by atoms with Gasteiger partial charge >= 0.3 is 0 Å². The standard InChI is InChI=1S/C23H30N2O5S/c1-30-22-7-4-3-6-19(22)23(27)11-5-12-24(16-23)15-21(26)18-8-9-20-17(14-18)10-13-25(20)31(2,28)29/h3-4,6-9,14,21,26-27H,5,10-13,15-16H2,1-2H3. The molecule has 0 saturated carbocycles. The second kappa shape index (κ2) is 8.43. The van der Waals surface area contributed by atoms with Crippen molar-refractivity contribution in [3.05, 3.63) is 59.2 Å². The molecular formula is C23H30N2O5S. The Morgan fingerprint density at radius 1 is 1.19 bits per heavy atom. The minimum atomic E-state index is -3.29. The van der Waals surface area contributed by atoms with Gasteiger partial charge in [-0.1, -0.05) is 30.3 Å². The second-order valence-corrected chi connectivity index (χ2v) is 10.5. The lowest BCUT2D eigenvalue weighted by Gasteiger charge is -2.40. The van der Waals surface area contributed by atoms with E-state index in [2.05, 4.69) is 4.90 Å². The number of fused-ring (bicyclic) bond motifs is 1. The van der Waals surface area contributed by atoms with Crippen molar-refractivity contribution in [3.63, 3.8) is 0 Å². The zero-order valence-electron chi connectivity index (χ0n) is 18.0. The van der Waals surface area contributed by atoms with Crippen LogP contribution in [-0.4, -0.2) is 63.1 Å². The van der Waals surface area contributed by atoms with Crippen molar-refractivity contribution in [2.45, 2.75) is 31.0 Å². The Morgan fingerprint density at radius 3 is 2.71 bits per heavy atom. The number of rotatable bonds is 6. The molecule has 2 aliphatic heterocycles. The number of para-hydroxylation sites is 1. The molecule has 31 heavy (non-hydrogen) atoms. The Hall–Kier alpha value is -2.13. The summed E-state index contributed by atoms with van der Waals surface area (Å²) in [6.45, 7) is 2.04. The number of piperidine rings is 1. The first-order chi connectivity index (χ1) is 14.7. The number of aliphatic hydroxyl groups excluding tert-OH is 1. The minimum absolute atomic E-state index is 0.395. The Balaban J connectivity index is 1.48. The van der Waals surface area contributed by atoms with Crippen LogP contribution in [0, 0.1) is 0 Å². The van der Waals surface area contributed by atoms with Gasteiger partial charge in [0.1, 0.15) is 11.4 Å². The first-order valence-electron chi connectivity index (χ1n) is 10.6. The molecule has 2 atom stereocenters. The molecule has 0 radical (unpaired) electrons. The lowest BCUT2D eigenvalue weighted by atomic mass is 9.85. The van der Waals surface area contributed by atoms with Gasteiger partial charge in [-0.25, -0.2) is 8.42 Å². The first kappa shape index (κ1) is 22.1. The van der Waals surface area contributed by atoms with Crippen molar-refractivity contribution in [1.82, 2.24) is 4.90 Å². The number of benzene rings is 2. The molecule has 2 aromatic rings. The molecule has 2 heterocycles. The fourth-order valence-corrected chi connectivity index (χ4v) is 5.78. The first-order valence-corrected chi connectivity index (χ1v) is 12.4. The van der Waals surface area contributed by atoms with E-state index in [1.165, 1.54) is 10.6 Å². The van der Waals surface area contributed by atoms with Crippen LogP contribution < -0.4 is 9.04 Å². The van der Waals surface area contributed by atoms with Crippen molar-refractivity contribution in [1.29, 1.82) is 0 Å². The maximum absolute atomic E-state index is 11.9. The largest absolute Gasteiger partial charge is 0.496 e. The monoisotopic (exact) mass is 446 g/mol. The maximum Gasteiger partial charge on any atom is 0.232 e. The highest BCUT2D eigenvalue weighted by atomic mass is 32.2. The van der Waals surface area contributed by atoms with Crippen molar-refractivity contribution >= 4 is 15.7 Å². The number of methoxy groups -OCH3 is 1. The zero-order valence-corrected chi connectivity index (χ0v) is 18.8. The number of sulfonamides is 1. The van der Waals surface area contributed by atoms with Crippen molar-refractivity contribution in [3.8, 4) is 5.75 Å². The zero-order chi connectivity index (χ0) is 22.2. The van der Waals surface area contributed by atoms with Gasteiger partial charge in [0.2, 0.25) is 10.0 Å². The van der Waals surface area contributed by atoms with Crippen LogP contribution >= 0.6 is 0 Å². The van der Waals surface area contributed by atoms with Crippen LogP contribution in [0.2, 0.25) is 0 Å². The van der Waals surface area contributed by atoms with Crippen LogP contribution in [0.1, 0.15) is 35.6 Å². The van der Waals surface area contributed by atoms with Gasteiger partial charge in [0.15, 0.2) is 0 Å². The molecule has 0 bridgehead atoms. The molecule has 2 aliphatic rings. The average Bonchev–Trinajstić information content (AvgIpc) is 3.17. The number of anilines is 1. The van der Waals surface area contributed by atoms with E-state index in [9.17, 15) is 18.6 Å². The molecule has 8 heteroatoms. The molecule has 0 aliphatic carbocycles. The van der Waals surface area contributed by atoms with E-state index in [-0.39, 0.29) is 0 Å². The third kappa shape index (κ3) is 4.43. The topological polar surface area (TPSA) is 90.3 Å². The minimum Gasteiger partial charge on any atom is -0.496 e. The van der Waals surface area contributed by atoms with Gasteiger partial charge in [0.05, 0.1) is 25.2 Å². The molecule has 2 N–H and O–H groups in total. The van der Waals surface area contributed by atoms with Gasteiger partial charge in [-0.3, -0.25) is 9.21 Å². The quantitative estimate of drug-likeness (QED) is 0.706. The molecule has 2 unspecified atom stereocenters. The molecule has 0 aromatic heterocycles. The third-order valence-electron chi connectivity index (χ3n) is 6.33. The van der Waals surface area contributed by atoms with Gasteiger partial charge in [0.25, 0.3) is 0 Å². The summed E-state index contributed by atoms with van der Waals surface area (Å²) in [6.07, 6.45) is 2.58. The molecule has 1 saturated heterocycles. The van der Waals surface area contributed by atoms with Gasteiger partial charge in [-0.15, -0.1) is 0 Å². The fraction of sp³-hybridized carbons (Fsp3) is 0.478. The second-order valence-electron chi connectivity index (χ2n) is 8.56. The van der Waals surface area contributed by atoms with E-state index >= 15 is 0 Å². The van der Waals surface area contributed by atoms with E-state index in [1.54, 1.807) is 19.2 Å². The number of likely N-dealkylation sites (tertiary alicyclic amines) is 1. The SMILES string of the molecule is COc1ccccc1C1(O)CCCN(CC(O)c2ccc3c(c2)CCN3S(C)(=O)=O)C1. The van der Waals surface area contributed by atoms with Crippen LogP contribution in [0.25, 0.3) is 0 Å². The molecular weight excluding hydrogens is 416 g/mol. The third-order valence-corrected chi connectivity index (χ3v) is 7.51. The van der Waals surface area contributed by atoms with Crippen LogP contribution in [0.3, 0.4) is 0 Å². The van der Waals surface area contributed by atoms with Gasteiger partial charge in [-0.05, 0) is 49.1 Å². The van der Waals surface area contributed by atoms with Crippen LogP contribution in [-0.2, 0) is 22.0 Å². The highest BCUT2D eigenvalue weighted by molar-refractivity contribution is 7.92. The van der Waals surface area contributed by atoms with Crippen LogP contribution in [0.4, 0.5) is 5.69 Å². The molecule has 4 rings (SSSR count). The number of β-amino-alcohol motifs (C(OH)–C–C–N with tert-alkyl or cyclic N) is 2. The molecule has 0 amide bonds. The lowest BCUT2D eigenvalue weighted by Crippen LogP contribution is -2.47. The van der Waals surface area contributed by atoms with Crippen molar-refractivity contribution in [2.24, 2.45) is 0 Å². The number of aliphatic hydroxyl groups is 2. The van der Waals surface area contributed by atoms with E-state index in [1.807, 2.05) is 30.3 Å². The maximum atomic E-state index is 11.9. The van der Waals surface area contributed by atoms with Crippen LogP contribution in [0.15, 0.2) is 42.5 Å². The summed E-state index contributed by atoms with van der Waals surface area (Å²) in [5.41, 5.74) is 2.14. The van der Waals surface area contributed by atoms with Crippen molar-refractivity contribution in [2.75, 3.05) is 43.8 Å². The van der Waals surface area contributed by atoms with Gasteiger partial charge in [-0.2, -0.15) is 0 Å². The summed E-state index contributed by atoms with van der Waals surface area (Å²) in [4.78, 5) is 2.08. The summed E-state index contributed by atoms with van der Waals surface area (Å²) in [7, 11) is -1.69. The molecule has 1 fully saturated rings. The van der Waals surface area contributed by atoms with Crippen molar-refractivity contribution < 1.29 is 23.4 Å². The summed E-state index contributed by atoms with van der Waals surface area (Å²) < 4.78 is 30.7. The Kier molecular flexibility index (Phi) is 6.00. The Labute approximate surface area is 183 Å². The summed E-state index contributed by atoms with van der Waals surface area (Å²) >= 11 is 0. The molecule has 7 nitrogen and oxygen atoms in total. The number of hydrogen-bond donors (Lipinski definition) is 2. The van der Waals surface area contributed by atoms with E-state index in [0.29, 0.717) is 43.9 Å². The number of hydrogen-bond acceptors (Lipinski definition) is 6. The fourth-order valence-electron chi connectivity index (χ4n) is 4.82. The Morgan fingerprint density at radius 2 is 1.97 bits per heavy atom. The van der Waals surface area contributed by atoms with Gasteiger partial charge < -0.3 is 14.9 Å². The highest BCUT2D eigenvalue weighted by Gasteiger charge is 2.37. The summed E-state index contributed by atoms with van der Waals surface area (Å²) in [6, 6.07) is 13.0.